The number of rotatable bonds is 6. The van der Waals surface area contributed by atoms with Crippen LogP contribution in [0.2, 0.25) is 0 Å². The second-order valence-electron chi connectivity index (χ2n) is 4.14. The van der Waals surface area contributed by atoms with Crippen molar-refractivity contribution in [3.63, 3.8) is 0 Å². The molecule has 1 aliphatic carbocycles. The molecule has 1 amide bonds. The number of hydrogen-bond donors (Lipinski definition) is 2. The van der Waals surface area contributed by atoms with Crippen LogP contribution in [0, 0.1) is 5.92 Å². The first-order valence-electron chi connectivity index (χ1n) is 5.53. The summed E-state index contributed by atoms with van der Waals surface area (Å²) in [5.41, 5.74) is 5.84. The van der Waals surface area contributed by atoms with E-state index in [9.17, 15) is 4.79 Å². The Balaban J connectivity index is 1.60. The number of hydrogen-bond acceptors (Lipinski definition) is 5. The molecule has 1 aromatic rings. The topological polar surface area (TPSA) is 94.0 Å². The van der Waals surface area contributed by atoms with Crippen molar-refractivity contribution < 1.29 is 9.32 Å². The molecule has 1 atom stereocenters. The lowest BCUT2D eigenvalue weighted by Crippen LogP contribution is -2.33. The fraction of sp³-hybridized carbons (Fsp3) is 0.700. The Morgan fingerprint density at radius 1 is 1.69 bits per heavy atom. The first-order chi connectivity index (χ1) is 7.75. The standard InChI is InChI=1S/C10H16N4O2/c11-8(7-1-2-7)5-9(15)12-4-3-10-13-6-14-16-10/h6-8H,1-5,11H2,(H,12,15). The van der Waals surface area contributed by atoms with Gasteiger partial charge in [-0.05, 0) is 18.8 Å². The SMILES string of the molecule is NC(CC(=O)NCCc1ncno1)C1CC1. The van der Waals surface area contributed by atoms with Gasteiger partial charge in [-0.3, -0.25) is 4.79 Å². The maximum Gasteiger partial charge on any atom is 0.228 e. The Bertz CT molecular complexity index is 335. The number of amides is 1. The average molecular weight is 224 g/mol. The van der Waals surface area contributed by atoms with Crippen molar-refractivity contribution in [2.75, 3.05) is 6.54 Å². The van der Waals surface area contributed by atoms with E-state index in [1.54, 1.807) is 0 Å². The number of nitrogens with two attached hydrogens (primary N) is 1. The molecule has 0 radical (unpaired) electrons. The molecule has 16 heavy (non-hydrogen) atoms. The van der Waals surface area contributed by atoms with E-state index in [2.05, 4.69) is 15.5 Å². The van der Waals surface area contributed by atoms with Crippen molar-refractivity contribution in [2.24, 2.45) is 11.7 Å². The van der Waals surface area contributed by atoms with Gasteiger partial charge in [-0.25, -0.2) is 0 Å². The molecule has 6 nitrogen and oxygen atoms in total. The maximum atomic E-state index is 11.5. The Morgan fingerprint density at radius 3 is 3.12 bits per heavy atom. The van der Waals surface area contributed by atoms with Gasteiger partial charge in [0.05, 0.1) is 0 Å². The molecule has 1 heterocycles. The normalized spacial score (nSPS) is 17.1. The zero-order chi connectivity index (χ0) is 11.4. The average Bonchev–Trinajstić information content (AvgIpc) is 2.98. The van der Waals surface area contributed by atoms with E-state index >= 15 is 0 Å². The number of aromatic nitrogens is 2. The summed E-state index contributed by atoms with van der Waals surface area (Å²) in [5, 5.41) is 6.27. The van der Waals surface area contributed by atoms with E-state index in [1.807, 2.05) is 0 Å². The van der Waals surface area contributed by atoms with Crippen LogP contribution in [0.15, 0.2) is 10.9 Å². The minimum absolute atomic E-state index is 0.00100. The third-order valence-electron chi connectivity index (χ3n) is 2.72. The number of carbonyl (C=O) groups excluding carboxylic acids is 1. The summed E-state index contributed by atoms with van der Waals surface area (Å²) >= 11 is 0. The smallest absolute Gasteiger partial charge is 0.228 e. The molecular formula is C10H16N4O2. The highest BCUT2D eigenvalue weighted by Gasteiger charge is 2.29. The van der Waals surface area contributed by atoms with E-state index in [0.29, 0.717) is 31.2 Å². The summed E-state index contributed by atoms with van der Waals surface area (Å²) in [6.07, 6.45) is 4.64. The van der Waals surface area contributed by atoms with E-state index in [-0.39, 0.29) is 11.9 Å². The minimum atomic E-state index is -0.00100. The lowest BCUT2D eigenvalue weighted by molar-refractivity contribution is -0.121. The lowest BCUT2D eigenvalue weighted by Gasteiger charge is -2.09. The number of nitrogens with zero attached hydrogens (tertiary/aromatic N) is 2. The van der Waals surface area contributed by atoms with Gasteiger partial charge in [-0.1, -0.05) is 5.16 Å². The molecule has 1 aromatic heterocycles. The first kappa shape index (κ1) is 11.1. The van der Waals surface area contributed by atoms with Crippen LogP contribution < -0.4 is 11.1 Å². The van der Waals surface area contributed by atoms with Gasteiger partial charge in [0.1, 0.15) is 0 Å². The van der Waals surface area contributed by atoms with Crippen LogP contribution in [-0.4, -0.2) is 28.6 Å². The molecule has 1 saturated carbocycles. The third kappa shape index (κ3) is 3.30. The van der Waals surface area contributed by atoms with Crippen LogP contribution >= 0.6 is 0 Å². The van der Waals surface area contributed by atoms with Gasteiger partial charge in [0.25, 0.3) is 0 Å². The number of carbonyl (C=O) groups is 1. The zero-order valence-electron chi connectivity index (χ0n) is 9.06. The molecule has 88 valence electrons. The fourth-order valence-corrected chi connectivity index (χ4v) is 1.59. The molecule has 0 bridgehead atoms. The predicted octanol–water partition coefficient (Wildman–Crippen LogP) is -0.144. The maximum absolute atomic E-state index is 11.5. The summed E-state index contributed by atoms with van der Waals surface area (Å²) in [6, 6.07) is 0.0170. The molecule has 1 aliphatic rings. The minimum Gasteiger partial charge on any atom is -0.356 e. The largest absolute Gasteiger partial charge is 0.356 e. The van der Waals surface area contributed by atoms with Crippen molar-refractivity contribution >= 4 is 5.91 Å². The van der Waals surface area contributed by atoms with Crippen molar-refractivity contribution in [3.05, 3.63) is 12.2 Å². The van der Waals surface area contributed by atoms with Crippen molar-refractivity contribution in [3.8, 4) is 0 Å². The number of nitrogens with one attached hydrogen (secondary N) is 1. The van der Waals surface area contributed by atoms with Crippen LogP contribution in [0.5, 0.6) is 0 Å². The predicted molar refractivity (Wildman–Crippen MR) is 56.3 cm³/mol. The Labute approximate surface area is 93.6 Å². The van der Waals surface area contributed by atoms with E-state index in [1.165, 1.54) is 6.33 Å². The molecular weight excluding hydrogens is 208 g/mol. The van der Waals surface area contributed by atoms with Gasteiger partial charge in [0, 0.05) is 25.4 Å². The van der Waals surface area contributed by atoms with Gasteiger partial charge < -0.3 is 15.6 Å². The second kappa shape index (κ2) is 5.07. The van der Waals surface area contributed by atoms with Crippen LogP contribution in [0.3, 0.4) is 0 Å². The van der Waals surface area contributed by atoms with Crippen LogP contribution in [0.1, 0.15) is 25.2 Å². The van der Waals surface area contributed by atoms with E-state index in [0.717, 1.165) is 12.8 Å². The van der Waals surface area contributed by atoms with Crippen molar-refractivity contribution in [2.45, 2.75) is 31.7 Å². The molecule has 0 aliphatic heterocycles. The fourth-order valence-electron chi connectivity index (χ4n) is 1.59. The molecule has 0 saturated heterocycles. The summed E-state index contributed by atoms with van der Waals surface area (Å²) in [6.45, 7) is 0.512. The van der Waals surface area contributed by atoms with Crippen LogP contribution in [0.25, 0.3) is 0 Å². The molecule has 1 fully saturated rings. The van der Waals surface area contributed by atoms with Crippen LogP contribution in [0.4, 0.5) is 0 Å². The highest BCUT2D eigenvalue weighted by atomic mass is 16.5. The summed E-state index contributed by atoms with van der Waals surface area (Å²) in [4.78, 5) is 15.3. The highest BCUT2D eigenvalue weighted by molar-refractivity contribution is 5.76. The monoisotopic (exact) mass is 224 g/mol. The second-order valence-corrected chi connectivity index (χ2v) is 4.14. The molecule has 0 spiro atoms. The molecule has 0 aromatic carbocycles. The van der Waals surface area contributed by atoms with Gasteiger partial charge in [-0.2, -0.15) is 4.98 Å². The summed E-state index contributed by atoms with van der Waals surface area (Å²) in [5.74, 6) is 1.09. The summed E-state index contributed by atoms with van der Waals surface area (Å²) < 4.78 is 4.81. The van der Waals surface area contributed by atoms with Gasteiger partial charge in [-0.15, -0.1) is 0 Å². The zero-order valence-corrected chi connectivity index (χ0v) is 9.06. The van der Waals surface area contributed by atoms with Crippen LogP contribution in [-0.2, 0) is 11.2 Å². The Kier molecular flexibility index (Phi) is 3.51. The van der Waals surface area contributed by atoms with Crippen molar-refractivity contribution in [1.29, 1.82) is 0 Å². The molecule has 1 unspecified atom stereocenters. The molecule has 2 rings (SSSR count). The van der Waals surface area contributed by atoms with Crippen molar-refractivity contribution in [1.82, 2.24) is 15.5 Å². The Morgan fingerprint density at radius 2 is 2.50 bits per heavy atom. The highest BCUT2D eigenvalue weighted by Crippen LogP contribution is 2.32. The first-order valence-corrected chi connectivity index (χ1v) is 5.53. The Hall–Kier alpha value is -1.43. The summed E-state index contributed by atoms with van der Waals surface area (Å²) in [7, 11) is 0. The van der Waals surface area contributed by atoms with E-state index in [4.69, 9.17) is 10.3 Å². The quantitative estimate of drug-likeness (QED) is 0.701. The van der Waals surface area contributed by atoms with E-state index < -0.39 is 0 Å². The van der Waals surface area contributed by atoms with Gasteiger partial charge >= 0.3 is 0 Å². The van der Waals surface area contributed by atoms with Gasteiger partial charge in [0.2, 0.25) is 11.8 Å². The third-order valence-corrected chi connectivity index (χ3v) is 2.72. The molecule has 6 heteroatoms. The van der Waals surface area contributed by atoms with Gasteiger partial charge in [0.15, 0.2) is 6.33 Å². The lowest BCUT2D eigenvalue weighted by atomic mass is 10.1. The molecule has 3 N–H and O–H groups in total.